The molecule has 0 bridgehead atoms. The summed E-state index contributed by atoms with van der Waals surface area (Å²) in [6, 6.07) is 12.4. The maximum absolute atomic E-state index is 13.5. The number of sulfonamides is 1. The number of carbonyl (C=O) groups is 7. The second kappa shape index (κ2) is 21.1. The van der Waals surface area contributed by atoms with Crippen LogP contribution < -0.4 is 37.2 Å². The summed E-state index contributed by atoms with van der Waals surface area (Å²) in [6.45, 7) is 3.25. The number of thioether (sulfide) groups is 1. The molecule has 67 heavy (non-hydrogen) atoms. The van der Waals surface area contributed by atoms with Gasteiger partial charge in [0, 0.05) is 56.1 Å². The first-order valence-corrected chi connectivity index (χ1v) is 25.9. The topological polar surface area (TPSA) is 263 Å². The second-order valence-electron chi connectivity index (χ2n) is 18.0. The third kappa shape index (κ3) is 11.5. The fourth-order valence-corrected chi connectivity index (χ4v) is 11.7. The highest BCUT2D eigenvalue weighted by atomic mass is 32.2. The van der Waals surface area contributed by atoms with Crippen LogP contribution in [0.1, 0.15) is 88.7 Å². The molecule has 6 unspecified atom stereocenters. The summed E-state index contributed by atoms with van der Waals surface area (Å²) in [5, 5.41) is 21.2. The van der Waals surface area contributed by atoms with Crippen molar-refractivity contribution in [3.63, 3.8) is 0 Å². The maximum atomic E-state index is 13.5. The standard InChI is InChI=1S/C45H59N9O11S2/c1-67(62,63)53-16-10-30(25-53)39(57)49-24-38(56)52-44-50-34(26-66-44)29-4-2-3-27(21-29)28-9-13-47-36(22-28)45(11-12-45)43(61)48-15-18-65-20-19-64-17-14-46-31-5-6-32-33(23-31)42(60)54(41(32)59)35-7-8-37(55)51-40(35)58/h2-6,21,23,28,30,34-36,44,46-47,50H,7-20,22,24-26H2,1H3,(H,48,61)(H,49,57)(H,52,56)(H,51,55,58). The number of anilines is 1. The predicted octanol–water partition coefficient (Wildman–Crippen LogP) is 0.140. The number of benzene rings is 2. The van der Waals surface area contributed by atoms with Gasteiger partial charge in [-0.25, -0.2) is 12.7 Å². The minimum Gasteiger partial charge on any atom is -0.383 e. The zero-order valence-electron chi connectivity index (χ0n) is 37.4. The minimum absolute atomic E-state index is 0.0170. The van der Waals surface area contributed by atoms with E-state index in [2.05, 4.69) is 61.5 Å². The van der Waals surface area contributed by atoms with Gasteiger partial charge in [-0.1, -0.05) is 24.3 Å². The zero-order valence-corrected chi connectivity index (χ0v) is 39.1. The van der Waals surface area contributed by atoms with Crippen LogP contribution >= 0.6 is 11.8 Å². The molecular formula is C45H59N9O11S2. The molecule has 6 atom stereocenters. The van der Waals surface area contributed by atoms with Gasteiger partial charge in [-0.3, -0.25) is 49.1 Å². The van der Waals surface area contributed by atoms with E-state index in [1.54, 1.807) is 30.0 Å². The van der Waals surface area contributed by atoms with E-state index >= 15 is 0 Å². The molecule has 2 aromatic rings. The van der Waals surface area contributed by atoms with Crippen LogP contribution in [0, 0.1) is 11.3 Å². The van der Waals surface area contributed by atoms with Gasteiger partial charge in [-0.15, -0.1) is 11.8 Å². The Kier molecular flexibility index (Phi) is 15.3. The van der Waals surface area contributed by atoms with Gasteiger partial charge in [0.25, 0.3) is 11.8 Å². The Bertz CT molecular complexity index is 2370. The number of hydrogen-bond donors (Lipinski definition) is 7. The first kappa shape index (κ1) is 48.5. The van der Waals surface area contributed by atoms with Crippen LogP contribution in [0.4, 0.5) is 5.69 Å². The number of fused-ring (bicyclic) bond motifs is 1. The summed E-state index contributed by atoms with van der Waals surface area (Å²) < 4.78 is 36.3. The SMILES string of the molecule is CS(=O)(=O)N1CCC(C(=O)NCC(=O)NC2NC(c3cccc(C4CCNC(C5(C(=O)NCCOCCOCCNc6ccc7c(c6)C(=O)N(C6CCC(=O)NC6=O)C7=O)CC5)C4)c3)CS2)C1. The Labute approximate surface area is 393 Å². The number of nitrogens with one attached hydrogen (secondary N) is 7. The van der Waals surface area contributed by atoms with Crippen molar-refractivity contribution in [3.8, 4) is 0 Å². The predicted molar refractivity (Wildman–Crippen MR) is 246 cm³/mol. The van der Waals surface area contributed by atoms with E-state index in [0.717, 1.165) is 54.7 Å². The lowest BCUT2D eigenvalue weighted by Crippen LogP contribution is -2.54. The molecule has 5 heterocycles. The van der Waals surface area contributed by atoms with E-state index in [0.29, 0.717) is 58.2 Å². The number of ether oxygens (including phenoxy) is 2. The van der Waals surface area contributed by atoms with Gasteiger partial charge in [0.15, 0.2) is 0 Å². The van der Waals surface area contributed by atoms with Crippen molar-refractivity contribution in [2.24, 2.45) is 11.3 Å². The smallest absolute Gasteiger partial charge is 0.262 e. The van der Waals surface area contributed by atoms with Gasteiger partial charge >= 0.3 is 0 Å². The molecule has 20 nitrogen and oxygen atoms in total. The second-order valence-corrected chi connectivity index (χ2v) is 21.1. The van der Waals surface area contributed by atoms with Crippen LogP contribution in [0.2, 0.25) is 0 Å². The number of amides is 7. The van der Waals surface area contributed by atoms with Crippen LogP contribution in [-0.2, 0) is 43.5 Å². The average Bonchev–Trinajstić information content (AvgIpc) is 3.59. The molecule has 22 heteroatoms. The summed E-state index contributed by atoms with van der Waals surface area (Å²) in [5.41, 5.74) is 2.62. The lowest BCUT2D eigenvalue weighted by atomic mass is 9.79. The lowest BCUT2D eigenvalue weighted by molar-refractivity contribution is -0.136. The van der Waals surface area contributed by atoms with E-state index in [9.17, 15) is 42.0 Å². The number of hydrogen-bond acceptors (Lipinski definition) is 15. The van der Waals surface area contributed by atoms with E-state index in [1.165, 1.54) is 9.87 Å². The monoisotopic (exact) mass is 965 g/mol. The summed E-state index contributed by atoms with van der Waals surface area (Å²) in [7, 11) is -3.36. The number of nitrogens with zero attached hydrogens (tertiary/aromatic N) is 2. The molecule has 362 valence electrons. The highest BCUT2D eigenvalue weighted by Gasteiger charge is 2.56. The molecule has 0 spiro atoms. The third-order valence-electron chi connectivity index (χ3n) is 13.5. The van der Waals surface area contributed by atoms with Crippen LogP contribution in [0.15, 0.2) is 42.5 Å². The summed E-state index contributed by atoms with van der Waals surface area (Å²) in [6.07, 6.45) is 5.16. The van der Waals surface area contributed by atoms with Crippen molar-refractivity contribution >= 4 is 68.8 Å². The number of carbonyl (C=O) groups excluding carboxylic acids is 7. The van der Waals surface area contributed by atoms with Gasteiger partial charge in [-0.05, 0) is 80.3 Å². The van der Waals surface area contributed by atoms with Gasteiger partial charge in [0.2, 0.25) is 39.6 Å². The van der Waals surface area contributed by atoms with Crippen molar-refractivity contribution < 1.29 is 51.5 Å². The average molecular weight is 966 g/mol. The lowest BCUT2D eigenvalue weighted by Gasteiger charge is -2.35. The first-order valence-electron chi connectivity index (χ1n) is 23.0. The Hall–Kier alpha value is -4.97. The number of piperidine rings is 2. The Morgan fingerprint density at radius 3 is 2.40 bits per heavy atom. The largest absolute Gasteiger partial charge is 0.383 e. The Morgan fingerprint density at radius 2 is 1.66 bits per heavy atom. The molecule has 7 N–H and O–H groups in total. The van der Waals surface area contributed by atoms with E-state index in [1.807, 2.05) is 0 Å². The maximum Gasteiger partial charge on any atom is 0.262 e. The van der Waals surface area contributed by atoms with E-state index in [-0.39, 0.29) is 78.3 Å². The molecular weight excluding hydrogens is 907 g/mol. The number of imide groups is 2. The first-order chi connectivity index (χ1) is 32.2. The quantitative estimate of drug-likeness (QED) is 0.0688. The minimum atomic E-state index is -3.36. The molecule has 0 radical (unpaired) electrons. The van der Waals surface area contributed by atoms with Crippen molar-refractivity contribution in [3.05, 3.63) is 64.7 Å². The third-order valence-corrected chi connectivity index (χ3v) is 15.9. The fourth-order valence-electron chi connectivity index (χ4n) is 9.62. The highest BCUT2D eigenvalue weighted by molar-refractivity contribution is 8.00. The van der Waals surface area contributed by atoms with Crippen LogP contribution in [0.5, 0.6) is 0 Å². The molecule has 6 aliphatic rings. The van der Waals surface area contributed by atoms with Crippen molar-refractivity contribution in [2.75, 3.05) is 83.0 Å². The molecule has 7 amide bonds. The molecule has 1 aliphatic carbocycles. The highest BCUT2D eigenvalue weighted by Crippen LogP contribution is 2.52. The van der Waals surface area contributed by atoms with E-state index in [4.69, 9.17) is 9.47 Å². The normalized spacial score (nSPS) is 26.0. The van der Waals surface area contributed by atoms with Crippen molar-refractivity contribution in [1.82, 2.24) is 41.1 Å². The summed E-state index contributed by atoms with van der Waals surface area (Å²) in [5.74, 6) is -2.24. The van der Waals surface area contributed by atoms with Crippen molar-refractivity contribution in [2.45, 2.75) is 74.5 Å². The molecule has 1 saturated carbocycles. The van der Waals surface area contributed by atoms with Crippen LogP contribution in [0.25, 0.3) is 0 Å². The van der Waals surface area contributed by atoms with Crippen molar-refractivity contribution in [1.29, 1.82) is 0 Å². The molecule has 2 aromatic carbocycles. The Morgan fingerprint density at radius 1 is 0.896 bits per heavy atom. The molecule has 4 saturated heterocycles. The fraction of sp³-hybridized carbons (Fsp3) is 0.578. The zero-order chi connectivity index (χ0) is 47.3. The molecule has 5 fully saturated rings. The van der Waals surface area contributed by atoms with Gasteiger partial charge < -0.3 is 36.1 Å². The van der Waals surface area contributed by atoms with Gasteiger partial charge in [0.05, 0.1) is 61.7 Å². The van der Waals surface area contributed by atoms with Gasteiger partial charge in [0.1, 0.15) is 11.5 Å². The summed E-state index contributed by atoms with van der Waals surface area (Å²) >= 11 is 1.58. The van der Waals surface area contributed by atoms with Gasteiger partial charge in [-0.2, -0.15) is 0 Å². The number of rotatable bonds is 20. The van der Waals surface area contributed by atoms with E-state index < -0.39 is 51.0 Å². The molecule has 0 aromatic heterocycles. The Balaban J connectivity index is 0.696. The summed E-state index contributed by atoms with van der Waals surface area (Å²) in [4.78, 5) is 89.6. The molecule has 8 rings (SSSR count). The van der Waals surface area contributed by atoms with Crippen LogP contribution in [-0.4, -0.2) is 154 Å². The molecule has 5 aliphatic heterocycles. The van der Waals surface area contributed by atoms with Crippen LogP contribution in [0.3, 0.4) is 0 Å².